The third-order valence-electron chi connectivity index (χ3n) is 3.30. The van der Waals surface area contributed by atoms with Crippen molar-refractivity contribution in [1.29, 1.82) is 0 Å². The summed E-state index contributed by atoms with van der Waals surface area (Å²) in [5, 5.41) is 12.3. The Morgan fingerprint density at radius 2 is 1.89 bits per heavy atom. The SMILES string of the molecule is CCOc1ccc2ccccc2c1C(N)C(C)(C)O. The predicted octanol–water partition coefficient (Wildman–Crippen LogP) is 3.01. The van der Waals surface area contributed by atoms with E-state index < -0.39 is 11.6 Å². The molecule has 2 aromatic carbocycles. The van der Waals surface area contributed by atoms with Crippen LogP contribution in [0.3, 0.4) is 0 Å². The van der Waals surface area contributed by atoms with Crippen LogP contribution in [0.2, 0.25) is 0 Å². The molecule has 0 fully saturated rings. The summed E-state index contributed by atoms with van der Waals surface area (Å²) in [6, 6.07) is 11.4. The number of nitrogens with two attached hydrogens (primary N) is 1. The molecule has 3 N–H and O–H groups in total. The fourth-order valence-corrected chi connectivity index (χ4v) is 2.23. The van der Waals surface area contributed by atoms with Crippen molar-refractivity contribution in [3.05, 3.63) is 42.0 Å². The second kappa shape index (κ2) is 5.19. The average molecular weight is 259 g/mol. The van der Waals surface area contributed by atoms with E-state index in [9.17, 15) is 5.11 Å². The highest BCUT2D eigenvalue weighted by Gasteiger charge is 2.28. The molecule has 0 aliphatic rings. The molecule has 0 saturated heterocycles. The molecule has 19 heavy (non-hydrogen) atoms. The van der Waals surface area contributed by atoms with Gasteiger partial charge in [-0.2, -0.15) is 0 Å². The number of rotatable bonds is 4. The zero-order valence-electron chi connectivity index (χ0n) is 11.7. The fraction of sp³-hybridized carbons (Fsp3) is 0.375. The van der Waals surface area contributed by atoms with E-state index in [1.807, 2.05) is 43.3 Å². The highest BCUT2D eigenvalue weighted by Crippen LogP contribution is 2.36. The summed E-state index contributed by atoms with van der Waals surface area (Å²) in [4.78, 5) is 0. The largest absolute Gasteiger partial charge is 0.494 e. The Morgan fingerprint density at radius 3 is 2.53 bits per heavy atom. The Kier molecular flexibility index (Phi) is 3.78. The second-order valence-corrected chi connectivity index (χ2v) is 5.26. The molecule has 0 saturated carbocycles. The van der Waals surface area contributed by atoms with Gasteiger partial charge in [0.25, 0.3) is 0 Å². The van der Waals surface area contributed by atoms with Gasteiger partial charge in [-0.3, -0.25) is 0 Å². The number of benzene rings is 2. The minimum Gasteiger partial charge on any atom is -0.494 e. The standard InChI is InChI=1S/C16H21NO2/c1-4-19-13-10-9-11-7-5-6-8-12(11)14(13)15(17)16(2,3)18/h5-10,15,18H,4,17H2,1-3H3. The van der Waals surface area contributed by atoms with E-state index in [0.29, 0.717) is 6.61 Å². The van der Waals surface area contributed by atoms with Crippen LogP contribution in [-0.4, -0.2) is 17.3 Å². The van der Waals surface area contributed by atoms with Gasteiger partial charge >= 0.3 is 0 Å². The molecule has 3 nitrogen and oxygen atoms in total. The number of aliphatic hydroxyl groups is 1. The Balaban J connectivity index is 2.68. The molecule has 2 aromatic rings. The minimum atomic E-state index is -1.00. The molecule has 1 unspecified atom stereocenters. The van der Waals surface area contributed by atoms with E-state index >= 15 is 0 Å². The molecule has 0 aromatic heterocycles. The maximum Gasteiger partial charge on any atom is 0.124 e. The van der Waals surface area contributed by atoms with Gasteiger partial charge < -0.3 is 15.6 Å². The van der Waals surface area contributed by atoms with E-state index in [-0.39, 0.29) is 0 Å². The maximum absolute atomic E-state index is 10.2. The van der Waals surface area contributed by atoms with Crippen LogP contribution in [0.1, 0.15) is 32.4 Å². The van der Waals surface area contributed by atoms with Gasteiger partial charge in [0.2, 0.25) is 0 Å². The number of hydrogen-bond acceptors (Lipinski definition) is 3. The average Bonchev–Trinajstić information content (AvgIpc) is 2.37. The van der Waals surface area contributed by atoms with Gasteiger partial charge in [0.15, 0.2) is 0 Å². The predicted molar refractivity (Wildman–Crippen MR) is 78.3 cm³/mol. The van der Waals surface area contributed by atoms with Crippen LogP contribution in [0.5, 0.6) is 5.75 Å². The van der Waals surface area contributed by atoms with Crippen LogP contribution in [-0.2, 0) is 0 Å². The zero-order chi connectivity index (χ0) is 14.0. The van der Waals surface area contributed by atoms with Crippen LogP contribution in [0.4, 0.5) is 0 Å². The Morgan fingerprint density at radius 1 is 1.21 bits per heavy atom. The van der Waals surface area contributed by atoms with E-state index in [1.54, 1.807) is 13.8 Å². The summed E-state index contributed by atoms with van der Waals surface area (Å²) in [7, 11) is 0. The molecule has 2 rings (SSSR count). The van der Waals surface area contributed by atoms with Crippen LogP contribution < -0.4 is 10.5 Å². The van der Waals surface area contributed by atoms with Crippen LogP contribution in [0, 0.1) is 0 Å². The first-order valence-electron chi connectivity index (χ1n) is 6.57. The van der Waals surface area contributed by atoms with E-state index in [2.05, 4.69) is 0 Å². The Hall–Kier alpha value is -1.58. The molecular formula is C16H21NO2. The molecule has 0 aliphatic carbocycles. The molecule has 0 spiro atoms. The van der Waals surface area contributed by atoms with Gasteiger partial charge in [0, 0.05) is 5.56 Å². The third kappa shape index (κ3) is 2.72. The first-order chi connectivity index (χ1) is 8.95. The first-order valence-corrected chi connectivity index (χ1v) is 6.57. The molecule has 3 heteroatoms. The van der Waals surface area contributed by atoms with Crippen molar-refractivity contribution >= 4 is 10.8 Å². The summed E-state index contributed by atoms with van der Waals surface area (Å²) >= 11 is 0. The van der Waals surface area contributed by atoms with Gasteiger partial charge in [0.05, 0.1) is 18.2 Å². The van der Waals surface area contributed by atoms with Crippen LogP contribution in [0.25, 0.3) is 10.8 Å². The zero-order valence-corrected chi connectivity index (χ0v) is 11.7. The lowest BCUT2D eigenvalue weighted by atomic mass is 9.88. The summed E-state index contributed by atoms with van der Waals surface area (Å²) < 4.78 is 5.67. The van der Waals surface area contributed by atoms with Crippen molar-refractivity contribution < 1.29 is 9.84 Å². The molecule has 0 amide bonds. The summed E-state index contributed by atoms with van der Waals surface area (Å²) in [6.45, 7) is 5.95. The molecule has 1 atom stereocenters. The molecular weight excluding hydrogens is 238 g/mol. The first kappa shape index (κ1) is 13.8. The fourth-order valence-electron chi connectivity index (χ4n) is 2.23. The van der Waals surface area contributed by atoms with Crippen molar-refractivity contribution in [3.8, 4) is 5.75 Å². The molecule has 0 heterocycles. The van der Waals surface area contributed by atoms with Crippen molar-refractivity contribution in [2.75, 3.05) is 6.61 Å². The number of hydrogen-bond donors (Lipinski definition) is 2. The molecule has 0 radical (unpaired) electrons. The van der Waals surface area contributed by atoms with Gasteiger partial charge in [-0.05, 0) is 37.6 Å². The van der Waals surface area contributed by atoms with Crippen molar-refractivity contribution in [3.63, 3.8) is 0 Å². The normalized spacial score (nSPS) is 13.5. The lowest BCUT2D eigenvalue weighted by molar-refractivity contribution is 0.0511. The quantitative estimate of drug-likeness (QED) is 0.887. The maximum atomic E-state index is 10.2. The van der Waals surface area contributed by atoms with Crippen LogP contribution in [0.15, 0.2) is 36.4 Å². The van der Waals surface area contributed by atoms with Gasteiger partial charge in [-0.1, -0.05) is 30.3 Å². The highest BCUT2D eigenvalue weighted by molar-refractivity contribution is 5.88. The lowest BCUT2D eigenvalue weighted by Crippen LogP contribution is -2.35. The van der Waals surface area contributed by atoms with Crippen molar-refractivity contribution in [2.24, 2.45) is 5.73 Å². The van der Waals surface area contributed by atoms with Gasteiger partial charge in [0.1, 0.15) is 5.75 Å². The monoisotopic (exact) mass is 259 g/mol. The summed E-state index contributed by atoms with van der Waals surface area (Å²) in [5.41, 5.74) is 6.10. The smallest absolute Gasteiger partial charge is 0.124 e. The lowest BCUT2D eigenvalue weighted by Gasteiger charge is -2.28. The van der Waals surface area contributed by atoms with Crippen molar-refractivity contribution in [1.82, 2.24) is 0 Å². The van der Waals surface area contributed by atoms with E-state index in [1.165, 1.54) is 0 Å². The molecule has 0 aliphatic heterocycles. The van der Waals surface area contributed by atoms with E-state index in [0.717, 1.165) is 22.1 Å². The van der Waals surface area contributed by atoms with Gasteiger partial charge in [-0.25, -0.2) is 0 Å². The van der Waals surface area contributed by atoms with E-state index in [4.69, 9.17) is 10.5 Å². The molecule has 102 valence electrons. The Labute approximate surface area is 114 Å². The van der Waals surface area contributed by atoms with Crippen LogP contribution >= 0.6 is 0 Å². The highest BCUT2D eigenvalue weighted by atomic mass is 16.5. The molecule has 0 bridgehead atoms. The third-order valence-corrected chi connectivity index (χ3v) is 3.30. The number of fused-ring (bicyclic) bond motifs is 1. The van der Waals surface area contributed by atoms with Crippen molar-refractivity contribution in [2.45, 2.75) is 32.4 Å². The summed E-state index contributed by atoms with van der Waals surface area (Å²) in [6.07, 6.45) is 0. The van der Waals surface area contributed by atoms with Gasteiger partial charge in [-0.15, -0.1) is 0 Å². The summed E-state index contributed by atoms with van der Waals surface area (Å²) in [5.74, 6) is 0.746. The second-order valence-electron chi connectivity index (χ2n) is 5.26. The Bertz CT molecular complexity index is 572. The topological polar surface area (TPSA) is 55.5 Å². The minimum absolute atomic E-state index is 0.500. The number of ether oxygens (including phenoxy) is 1.